The first kappa shape index (κ1) is 13.8. The average molecular weight is 244 g/mol. The van der Waals surface area contributed by atoms with Crippen molar-refractivity contribution in [3.05, 3.63) is 0 Å². The molecule has 1 saturated heterocycles. The van der Waals surface area contributed by atoms with Gasteiger partial charge in [-0.1, -0.05) is 0 Å². The molecular weight excluding hydrogens is 224 g/mol. The molecule has 0 saturated carbocycles. The SMILES string of the molecule is CCOC(=O)CNC(=O)N1CCCC(CO)C1. The lowest BCUT2D eigenvalue weighted by atomic mass is 9.99. The number of rotatable bonds is 4. The lowest BCUT2D eigenvalue weighted by molar-refractivity contribution is -0.141. The van der Waals surface area contributed by atoms with Crippen molar-refractivity contribution in [1.82, 2.24) is 10.2 Å². The van der Waals surface area contributed by atoms with Gasteiger partial charge in [-0.3, -0.25) is 4.79 Å². The number of hydrogen-bond acceptors (Lipinski definition) is 4. The molecule has 0 radical (unpaired) electrons. The topological polar surface area (TPSA) is 78.9 Å². The largest absolute Gasteiger partial charge is 0.465 e. The standard InChI is InChI=1S/C11H20N2O4/c1-2-17-10(15)6-12-11(16)13-5-3-4-9(7-13)8-14/h9,14H,2-8H2,1H3,(H,12,16). The molecule has 98 valence electrons. The Morgan fingerprint density at radius 3 is 2.94 bits per heavy atom. The first-order chi connectivity index (χ1) is 8.17. The van der Waals surface area contributed by atoms with Crippen molar-refractivity contribution in [2.24, 2.45) is 5.92 Å². The van der Waals surface area contributed by atoms with E-state index in [0.29, 0.717) is 19.7 Å². The van der Waals surface area contributed by atoms with E-state index in [9.17, 15) is 9.59 Å². The van der Waals surface area contributed by atoms with Crippen molar-refractivity contribution in [2.45, 2.75) is 19.8 Å². The third kappa shape index (κ3) is 4.60. The van der Waals surface area contributed by atoms with Crippen molar-refractivity contribution in [3.8, 4) is 0 Å². The number of aliphatic hydroxyl groups is 1. The Hall–Kier alpha value is -1.30. The molecule has 2 N–H and O–H groups in total. The maximum absolute atomic E-state index is 11.7. The van der Waals surface area contributed by atoms with Crippen molar-refractivity contribution < 1.29 is 19.4 Å². The number of hydrogen-bond donors (Lipinski definition) is 2. The molecule has 6 heteroatoms. The Bertz CT molecular complexity index is 270. The second-order valence-electron chi connectivity index (χ2n) is 4.10. The smallest absolute Gasteiger partial charge is 0.325 e. The molecule has 17 heavy (non-hydrogen) atoms. The van der Waals surface area contributed by atoms with E-state index in [1.807, 2.05) is 0 Å². The van der Waals surface area contributed by atoms with Gasteiger partial charge in [-0.25, -0.2) is 4.79 Å². The second-order valence-corrected chi connectivity index (χ2v) is 4.10. The maximum Gasteiger partial charge on any atom is 0.325 e. The van der Waals surface area contributed by atoms with Crippen LogP contribution in [-0.4, -0.2) is 54.9 Å². The number of urea groups is 1. The summed E-state index contributed by atoms with van der Waals surface area (Å²) in [5.41, 5.74) is 0. The van der Waals surface area contributed by atoms with Crippen molar-refractivity contribution in [1.29, 1.82) is 0 Å². The van der Waals surface area contributed by atoms with Gasteiger partial charge >= 0.3 is 12.0 Å². The van der Waals surface area contributed by atoms with Gasteiger partial charge in [0.05, 0.1) is 6.61 Å². The van der Waals surface area contributed by atoms with Crippen LogP contribution in [0.4, 0.5) is 4.79 Å². The van der Waals surface area contributed by atoms with Gasteiger partial charge in [-0.05, 0) is 25.7 Å². The van der Waals surface area contributed by atoms with Crippen molar-refractivity contribution >= 4 is 12.0 Å². The van der Waals surface area contributed by atoms with Gasteiger partial charge in [0, 0.05) is 19.7 Å². The van der Waals surface area contributed by atoms with Gasteiger partial charge in [0.15, 0.2) is 0 Å². The molecule has 0 aromatic carbocycles. The minimum atomic E-state index is -0.434. The summed E-state index contributed by atoms with van der Waals surface area (Å²) in [4.78, 5) is 24.4. The first-order valence-electron chi connectivity index (χ1n) is 5.96. The van der Waals surface area contributed by atoms with Crippen LogP contribution in [0, 0.1) is 5.92 Å². The minimum Gasteiger partial charge on any atom is -0.465 e. The van der Waals surface area contributed by atoms with Crippen LogP contribution in [0.25, 0.3) is 0 Å². The Kier molecular flexibility index (Phi) is 5.76. The van der Waals surface area contributed by atoms with Gasteiger partial charge in [0.25, 0.3) is 0 Å². The molecule has 0 spiro atoms. The van der Waals surface area contributed by atoms with Crippen LogP contribution in [0.2, 0.25) is 0 Å². The van der Waals surface area contributed by atoms with Crippen LogP contribution < -0.4 is 5.32 Å². The van der Waals surface area contributed by atoms with E-state index in [1.54, 1.807) is 11.8 Å². The van der Waals surface area contributed by atoms with E-state index in [4.69, 9.17) is 9.84 Å². The number of aliphatic hydroxyl groups excluding tert-OH is 1. The highest BCUT2D eigenvalue weighted by Gasteiger charge is 2.23. The molecule has 0 bridgehead atoms. The van der Waals surface area contributed by atoms with E-state index < -0.39 is 5.97 Å². The normalized spacial score (nSPS) is 19.9. The van der Waals surface area contributed by atoms with E-state index >= 15 is 0 Å². The lowest BCUT2D eigenvalue weighted by Gasteiger charge is -2.31. The summed E-state index contributed by atoms with van der Waals surface area (Å²) in [7, 11) is 0. The first-order valence-corrected chi connectivity index (χ1v) is 5.96. The number of likely N-dealkylation sites (tertiary alicyclic amines) is 1. The molecular formula is C11H20N2O4. The van der Waals surface area contributed by atoms with E-state index in [-0.39, 0.29) is 25.1 Å². The van der Waals surface area contributed by atoms with Gasteiger partial charge in [0.2, 0.25) is 0 Å². The quantitative estimate of drug-likeness (QED) is 0.680. The minimum absolute atomic E-state index is 0.0989. The number of esters is 1. The average Bonchev–Trinajstić information content (AvgIpc) is 2.36. The molecule has 1 heterocycles. The Balaban J connectivity index is 2.29. The van der Waals surface area contributed by atoms with Crippen LogP contribution in [0.3, 0.4) is 0 Å². The molecule has 1 rings (SSSR count). The Labute approximate surface area is 101 Å². The molecule has 6 nitrogen and oxygen atoms in total. The van der Waals surface area contributed by atoms with Crippen LogP contribution in [-0.2, 0) is 9.53 Å². The number of nitrogens with one attached hydrogen (secondary N) is 1. The highest BCUT2D eigenvalue weighted by Crippen LogP contribution is 2.15. The fraction of sp³-hybridized carbons (Fsp3) is 0.818. The summed E-state index contributed by atoms with van der Waals surface area (Å²) in [5, 5.41) is 11.6. The van der Waals surface area contributed by atoms with Crippen LogP contribution in [0.5, 0.6) is 0 Å². The highest BCUT2D eigenvalue weighted by molar-refractivity contribution is 5.80. The molecule has 1 unspecified atom stereocenters. The van der Waals surface area contributed by atoms with Crippen molar-refractivity contribution in [3.63, 3.8) is 0 Å². The summed E-state index contributed by atoms with van der Waals surface area (Å²) in [6.45, 7) is 3.24. The zero-order valence-corrected chi connectivity index (χ0v) is 10.1. The summed E-state index contributed by atoms with van der Waals surface area (Å²) in [6.07, 6.45) is 1.83. The zero-order chi connectivity index (χ0) is 12.7. The number of carbonyl (C=O) groups excluding carboxylic acids is 2. The van der Waals surface area contributed by atoms with Crippen LogP contribution >= 0.6 is 0 Å². The number of piperidine rings is 1. The summed E-state index contributed by atoms with van der Waals surface area (Å²) in [6, 6.07) is -0.267. The molecule has 0 aliphatic carbocycles. The van der Waals surface area contributed by atoms with E-state index in [1.165, 1.54) is 0 Å². The third-order valence-electron chi connectivity index (χ3n) is 2.75. The highest BCUT2D eigenvalue weighted by atomic mass is 16.5. The predicted octanol–water partition coefficient (Wildman–Crippen LogP) is -0.0366. The second kappa shape index (κ2) is 7.11. The molecule has 1 aliphatic heterocycles. The fourth-order valence-corrected chi connectivity index (χ4v) is 1.87. The number of ether oxygens (including phenoxy) is 1. The molecule has 1 aliphatic rings. The predicted molar refractivity (Wildman–Crippen MR) is 61.4 cm³/mol. The number of amides is 2. The zero-order valence-electron chi connectivity index (χ0n) is 10.1. The molecule has 2 amide bonds. The molecule has 0 aromatic heterocycles. The monoisotopic (exact) mass is 244 g/mol. The van der Waals surface area contributed by atoms with Gasteiger partial charge in [0.1, 0.15) is 6.54 Å². The van der Waals surface area contributed by atoms with Crippen LogP contribution in [0.1, 0.15) is 19.8 Å². The molecule has 1 fully saturated rings. The summed E-state index contributed by atoms with van der Waals surface area (Å²) >= 11 is 0. The maximum atomic E-state index is 11.7. The lowest BCUT2D eigenvalue weighted by Crippen LogP contribution is -2.47. The number of nitrogens with zero attached hydrogens (tertiary/aromatic N) is 1. The van der Waals surface area contributed by atoms with Gasteiger partial charge < -0.3 is 20.1 Å². The van der Waals surface area contributed by atoms with E-state index in [2.05, 4.69) is 5.32 Å². The fourth-order valence-electron chi connectivity index (χ4n) is 1.87. The van der Waals surface area contributed by atoms with Crippen LogP contribution in [0.15, 0.2) is 0 Å². The Morgan fingerprint density at radius 1 is 1.53 bits per heavy atom. The van der Waals surface area contributed by atoms with Crippen molar-refractivity contribution in [2.75, 3.05) is 32.8 Å². The third-order valence-corrected chi connectivity index (χ3v) is 2.75. The Morgan fingerprint density at radius 2 is 2.29 bits per heavy atom. The summed E-state index contributed by atoms with van der Waals surface area (Å²) in [5.74, 6) is -0.284. The van der Waals surface area contributed by atoms with E-state index in [0.717, 1.165) is 12.8 Å². The molecule has 0 aromatic rings. The van der Waals surface area contributed by atoms with Gasteiger partial charge in [-0.2, -0.15) is 0 Å². The molecule has 1 atom stereocenters. The number of carbonyl (C=O) groups is 2. The van der Waals surface area contributed by atoms with Gasteiger partial charge in [-0.15, -0.1) is 0 Å². The summed E-state index contributed by atoms with van der Waals surface area (Å²) < 4.78 is 4.71.